The average Bonchev–Trinajstić information content (AvgIpc) is 2.13. The van der Waals surface area contributed by atoms with Crippen LogP contribution in [-0.2, 0) is 0 Å². The topological polar surface area (TPSA) is 9.23 Å². The van der Waals surface area contributed by atoms with E-state index in [1.165, 1.54) is 18.4 Å². The number of ether oxygens (including phenoxy) is 1. The number of benzene rings is 1. The first-order valence-electron chi connectivity index (χ1n) is 4.93. The maximum atomic E-state index is 5.56. The molecule has 1 aromatic carbocycles. The van der Waals surface area contributed by atoms with Crippen LogP contribution in [0.4, 0.5) is 0 Å². The minimum Gasteiger partial charge on any atom is -0.551 e. The maximum absolute atomic E-state index is 5.56. The van der Waals surface area contributed by atoms with Gasteiger partial charge in [0.1, 0.15) is 0 Å². The molecule has 1 rings (SSSR count). The monoisotopic (exact) mass is 318 g/mol. The zero-order chi connectivity index (χ0) is 9.52. The molecule has 75 valence electrons. The molecule has 14 heavy (non-hydrogen) atoms. The molecule has 0 aliphatic carbocycles. The first-order chi connectivity index (χ1) is 6.33. The second-order valence-electron chi connectivity index (χ2n) is 3.30. The van der Waals surface area contributed by atoms with Gasteiger partial charge in [0.05, 0.1) is 6.61 Å². The van der Waals surface area contributed by atoms with E-state index in [-0.39, 0.29) is 41.3 Å². The summed E-state index contributed by atoms with van der Waals surface area (Å²) in [6, 6.07) is 8.93. The van der Waals surface area contributed by atoms with Gasteiger partial charge in [-0.05, 0) is 6.42 Å². The van der Waals surface area contributed by atoms with Gasteiger partial charge >= 0.3 is 0 Å². The van der Waals surface area contributed by atoms with E-state index in [1.807, 2.05) is 18.2 Å². The van der Waals surface area contributed by atoms with E-state index in [9.17, 15) is 0 Å². The van der Waals surface area contributed by atoms with Gasteiger partial charge in [0.25, 0.3) is 0 Å². The standard InChI is InChI=1S/C12H17O.Pr/c1-3-4-5-9-13-12-8-6-7-11(2)10-12;/h7-8,10H,3-5,9H2,1-2H3;/q-1;. The van der Waals surface area contributed by atoms with Crippen molar-refractivity contribution in [3.8, 4) is 5.75 Å². The van der Waals surface area contributed by atoms with Crippen LogP contribution in [0.25, 0.3) is 0 Å². The SMILES string of the molecule is CCCCCOc1c[c-]cc(C)c1.[Pr]. The molecule has 0 atom stereocenters. The summed E-state index contributed by atoms with van der Waals surface area (Å²) < 4.78 is 5.56. The van der Waals surface area contributed by atoms with Crippen LogP contribution in [0.3, 0.4) is 0 Å². The Morgan fingerprint density at radius 3 is 2.71 bits per heavy atom. The van der Waals surface area contributed by atoms with E-state index in [0.717, 1.165) is 18.8 Å². The molecule has 0 N–H and O–H groups in total. The molecule has 0 aromatic heterocycles. The van der Waals surface area contributed by atoms with E-state index < -0.39 is 0 Å². The Kier molecular flexibility index (Phi) is 8.91. The number of hydrogen-bond donors (Lipinski definition) is 0. The second-order valence-corrected chi connectivity index (χ2v) is 3.30. The van der Waals surface area contributed by atoms with Crippen molar-refractivity contribution >= 4 is 0 Å². The fourth-order valence-corrected chi connectivity index (χ4v) is 1.19. The van der Waals surface area contributed by atoms with Crippen molar-refractivity contribution in [1.29, 1.82) is 0 Å². The Morgan fingerprint density at radius 1 is 1.29 bits per heavy atom. The van der Waals surface area contributed by atoms with Gasteiger partial charge in [-0.25, -0.2) is 0 Å². The molecule has 0 heterocycles. The third kappa shape index (κ3) is 5.98. The van der Waals surface area contributed by atoms with E-state index >= 15 is 0 Å². The summed E-state index contributed by atoms with van der Waals surface area (Å²) in [4.78, 5) is 0. The molecule has 0 saturated carbocycles. The van der Waals surface area contributed by atoms with Gasteiger partial charge in [0, 0.05) is 47.0 Å². The van der Waals surface area contributed by atoms with Crippen LogP contribution < -0.4 is 4.74 Å². The zero-order valence-electron chi connectivity index (χ0n) is 9.05. The van der Waals surface area contributed by atoms with E-state index in [2.05, 4.69) is 19.9 Å². The molecule has 2 heteroatoms. The van der Waals surface area contributed by atoms with Crippen molar-refractivity contribution in [2.45, 2.75) is 33.1 Å². The van der Waals surface area contributed by atoms with Crippen LogP contribution in [-0.4, -0.2) is 6.61 Å². The zero-order valence-corrected chi connectivity index (χ0v) is 12.8. The van der Waals surface area contributed by atoms with Gasteiger partial charge in [-0.1, -0.05) is 26.7 Å². The van der Waals surface area contributed by atoms with Gasteiger partial charge in [0.2, 0.25) is 0 Å². The van der Waals surface area contributed by atoms with Crippen LogP contribution in [0.15, 0.2) is 18.2 Å². The minimum absolute atomic E-state index is 0. The van der Waals surface area contributed by atoms with Crippen LogP contribution in [0.1, 0.15) is 31.7 Å². The van der Waals surface area contributed by atoms with Crippen molar-refractivity contribution in [3.05, 3.63) is 29.8 Å². The van der Waals surface area contributed by atoms with Gasteiger partial charge in [-0.15, -0.1) is 12.1 Å². The van der Waals surface area contributed by atoms with Crippen molar-refractivity contribution in [2.75, 3.05) is 6.61 Å². The Bertz CT molecular complexity index is 248. The Balaban J connectivity index is 0.00000169. The summed E-state index contributed by atoms with van der Waals surface area (Å²) in [7, 11) is 0. The maximum Gasteiger partial charge on any atom is 0.0714 e. The predicted molar refractivity (Wildman–Crippen MR) is 55.0 cm³/mol. The number of unbranched alkanes of at least 4 members (excludes halogenated alkanes) is 2. The molecule has 0 unspecified atom stereocenters. The second kappa shape index (κ2) is 8.67. The summed E-state index contributed by atoms with van der Waals surface area (Å²) in [6.07, 6.45) is 3.63. The van der Waals surface area contributed by atoms with Gasteiger partial charge < -0.3 is 4.74 Å². The van der Waals surface area contributed by atoms with Gasteiger partial charge in [-0.3, -0.25) is 0 Å². The Hall–Kier alpha value is 0.384. The summed E-state index contributed by atoms with van der Waals surface area (Å²) >= 11 is 0. The van der Waals surface area contributed by atoms with Crippen LogP contribution in [0, 0.1) is 54.3 Å². The van der Waals surface area contributed by atoms with Crippen molar-refractivity contribution in [1.82, 2.24) is 0 Å². The van der Waals surface area contributed by atoms with Crippen LogP contribution >= 0.6 is 0 Å². The molecule has 0 saturated heterocycles. The molecule has 0 bridgehead atoms. The number of rotatable bonds is 5. The molecule has 0 aliphatic rings. The van der Waals surface area contributed by atoms with Crippen molar-refractivity contribution in [3.63, 3.8) is 0 Å². The molecule has 0 aliphatic heterocycles. The summed E-state index contributed by atoms with van der Waals surface area (Å²) in [6.45, 7) is 5.07. The van der Waals surface area contributed by atoms with Gasteiger partial charge in [0.15, 0.2) is 0 Å². The molecular weight excluding hydrogens is 301 g/mol. The quantitative estimate of drug-likeness (QED) is 0.597. The number of hydrogen-bond acceptors (Lipinski definition) is 1. The summed E-state index contributed by atoms with van der Waals surface area (Å²) in [5.41, 5.74) is 1.20. The molecule has 1 nitrogen and oxygen atoms in total. The predicted octanol–water partition coefficient (Wildman–Crippen LogP) is 3.36. The molecule has 0 spiro atoms. The first-order valence-corrected chi connectivity index (χ1v) is 4.93. The minimum atomic E-state index is 0. The summed E-state index contributed by atoms with van der Waals surface area (Å²) in [5.74, 6) is 0.941. The van der Waals surface area contributed by atoms with Gasteiger partial charge in [-0.2, -0.15) is 17.7 Å². The van der Waals surface area contributed by atoms with Crippen molar-refractivity contribution < 1.29 is 46.0 Å². The van der Waals surface area contributed by atoms with Crippen LogP contribution in [0.5, 0.6) is 5.75 Å². The Labute approximate surface area is 120 Å². The molecule has 1 radical (unpaired) electrons. The molecule has 1 aromatic rings. The van der Waals surface area contributed by atoms with Crippen molar-refractivity contribution in [2.24, 2.45) is 0 Å². The smallest absolute Gasteiger partial charge is 0.0714 e. The fourth-order valence-electron chi connectivity index (χ4n) is 1.19. The number of aryl methyl sites for hydroxylation is 1. The third-order valence-electron chi connectivity index (χ3n) is 1.92. The van der Waals surface area contributed by atoms with E-state index in [4.69, 9.17) is 4.74 Å². The fraction of sp³-hybridized carbons (Fsp3) is 0.500. The Morgan fingerprint density at radius 2 is 2.07 bits per heavy atom. The molecule has 0 amide bonds. The van der Waals surface area contributed by atoms with E-state index in [0.29, 0.717) is 0 Å². The van der Waals surface area contributed by atoms with Crippen LogP contribution in [0.2, 0.25) is 0 Å². The molecule has 0 fully saturated rings. The normalized spacial score (nSPS) is 9.29. The van der Waals surface area contributed by atoms with E-state index in [1.54, 1.807) is 0 Å². The third-order valence-corrected chi connectivity index (χ3v) is 1.92. The average molecular weight is 318 g/mol. The largest absolute Gasteiger partial charge is 0.551 e. The molecular formula is C12H17OPr-. The summed E-state index contributed by atoms with van der Waals surface area (Å²) in [5, 5.41) is 0. The first kappa shape index (κ1) is 14.4.